The van der Waals surface area contributed by atoms with E-state index in [2.05, 4.69) is 60.7 Å². The van der Waals surface area contributed by atoms with Crippen LogP contribution in [-0.4, -0.2) is 48.2 Å². The fourth-order valence-electron chi connectivity index (χ4n) is 3.15. The van der Waals surface area contributed by atoms with Crippen molar-refractivity contribution in [3.63, 3.8) is 0 Å². The molecule has 0 unspecified atom stereocenters. The molecule has 0 aliphatic heterocycles. The first-order valence-corrected chi connectivity index (χ1v) is 9.60. The number of aliphatic hydroxyl groups excluding tert-OH is 1. The lowest BCUT2D eigenvalue weighted by Crippen LogP contribution is -2.45. The third-order valence-electron chi connectivity index (χ3n) is 4.79. The van der Waals surface area contributed by atoms with Gasteiger partial charge in [-0.05, 0) is 57.3 Å². The van der Waals surface area contributed by atoms with Gasteiger partial charge in [-0.3, -0.25) is 0 Å². The molecule has 5 nitrogen and oxygen atoms in total. The molecular weight excluding hydrogens is 312 g/mol. The second kappa shape index (κ2) is 10.4. The van der Waals surface area contributed by atoms with Crippen LogP contribution in [-0.2, 0) is 13.1 Å². The lowest BCUT2D eigenvalue weighted by Gasteiger charge is -2.27. The van der Waals surface area contributed by atoms with Crippen molar-refractivity contribution in [1.29, 1.82) is 0 Å². The first-order valence-electron chi connectivity index (χ1n) is 9.60. The molecule has 2 rings (SSSR count). The Hall–Kier alpha value is -1.59. The Kier molecular flexibility index (Phi) is 8.22. The van der Waals surface area contributed by atoms with Gasteiger partial charge in [0.1, 0.15) is 0 Å². The van der Waals surface area contributed by atoms with Gasteiger partial charge >= 0.3 is 0 Å². The van der Waals surface area contributed by atoms with Gasteiger partial charge in [-0.25, -0.2) is 4.99 Å². The standard InChI is InChI=1S/C20H34N4O/c1-4-21-20(23-18-9-11-19(25)12-10-18)22-14-16-7-6-8-17(13-16)15-24(3)5-2/h6-8,13,18-19,25H,4-5,9-12,14-15H2,1-3H3,(H2,21,22,23). The van der Waals surface area contributed by atoms with E-state index in [9.17, 15) is 5.11 Å². The Balaban J connectivity index is 1.94. The summed E-state index contributed by atoms with van der Waals surface area (Å²) in [6.45, 7) is 7.80. The minimum atomic E-state index is -0.124. The fourth-order valence-corrected chi connectivity index (χ4v) is 3.15. The van der Waals surface area contributed by atoms with E-state index < -0.39 is 0 Å². The third kappa shape index (κ3) is 7.04. The van der Waals surface area contributed by atoms with E-state index in [0.29, 0.717) is 12.6 Å². The highest BCUT2D eigenvalue weighted by atomic mass is 16.3. The normalized spacial score (nSPS) is 21.4. The zero-order valence-electron chi connectivity index (χ0n) is 16.0. The van der Waals surface area contributed by atoms with Crippen molar-refractivity contribution in [2.45, 2.75) is 64.8 Å². The lowest BCUT2D eigenvalue weighted by molar-refractivity contribution is 0.120. The molecule has 0 heterocycles. The van der Waals surface area contributed by atoms with Crippen molar-refractivity contribution >= 4 is 5.96 Å². The predicted octanol–water partition coefficient (Wildman–Crippen LogP) is 2.50. The minimum Gasteiger partial charge on any atom is -0.393 e. The largest absolute Gasteiger partial charge is 0.393 e. The highest BCUT2D eigenvalue weighted by Crippen LogP contribution is 2.18. The molecular formula is C20H34N4O. The maximum atomic E-state index is 9.65. The van der Waals surface area contributed by atoms with Crippen molar-refractivity contribution in [2.24, 2.45) is 4.99 Å². The molecule has 1 aliphatic carbocycles. The Labute approximate surface area is 152 Å². The Morgan fingerprint density at radius 3 is 2.60 bits per heavy atom. The maximum Gasteiger partial charge on any atom is 0.191 e. The van der Waals surface area contributed by atoms with Crippen LogP contribution in [0.4, 0.5) is 0 Å². The summed E-state index contributed by atoms with van der Waals surface area (Å²) in [5.74, 6) is 0.875. The summed E-state index contributed by atoms with van der Waals surface area (Å²) in [6, 6.07) is 9.09. The molecule has 1 saturated carbocycles. The molecule has 1 aromatic carbocycles. The first kappa shape index (κ1) is 19.7. The van der Waals surface area contributed by atoms with Crippen LogP contribution < -0.4 is 10.6 Å². The van der Waals surface area contributed by atoms with E-state index in [0.717, 1.165) is 51.3 Å². The van der Waals surface area contributed by atoms with Crippen LogP contribution in [0.25, 0.3) is 0 Å². The van der Waals surface area contributed by atoms with Crippen LogP contribution in [0.15, 0.2) is 29.3 Å². The van der Waals surface area contributed by atoms with Crippen LogP contribution >= 0.6 is 0 Å². The zero-order chi connectivity index (χ0) is 18.1. The smallest absolute Gasteiger partial charge is 0.191 e. The summed E-state index contributed by atoms with van der Waals surface area (Å²) in [4.78, 5) is 7.05. The van der Waals surface area contributed by atoms with Gasteiger partial charge in [0.2, 0.25) is 0 Å². The topological polar surface area (TPSA) is 59.9 Å². The van der Waals surface area contributed by atoms with Gasteiger partial charge in [-0.15, -0.1) is 0 Å². The second-order valence-corrected chi connectivity index (χ2v) is 7.00. The van der Waals surface area contributed by atoms with Gasteiger partial charge in [-0.2, -0.15) is 0 Å². The molecule has 1 aromatic rings. The molecule has 0 atom stereocenters. The number of rotatable bonds is 7. The van der Waals surface area contributed by atoms with Gasteiger partial charge < -0.3 is 20.6 Å². The maximum absolute atomic E-state index is 9.65. The molecule has 0 spiro atoms. The van der Waals surface area contributed by atoms with Crippen molar-refractivity contribution in [3.05, 3.63) is 35.4 Å². The Bertz CT molecular complexity index is 538. The number of nitrogens with one attached hydrogen (secondary N) is 2. The summed E-state index contributed by atoms with van der Waals surface area (Å²) in [5, 5.41) is 16.5. The highest BCUT2D eigenvalue weighted by Gasteiger charge is 2.19. The van der Waals surface area contributed by atoms with Crippen LogP contribution in [0, 0.1) is 0 Å². The van der Waals surface area contributed by atoms with Gasteiger partial charge in [0.05, 0.1) is 12.6 Å². The van der Waals surface area contributed by atoms with Gasteiger partial charge in [0.25, 0.3) is 0 Å². The van der Waals surface area contributed by atoms with Crippen molar-refractivity contribution in [1.82, 2.24) is 15.5 Å². The fraction of sp³-hybridized carbons (Fsp3) is 0.650. The Morgan fingerprint density at radius 2 is 1.92 bits per heavy atom. The van der Waals surface area contributed by atoms with Crippen LogP contribution in [0.2, 0.25) is 0 Å². The summed E-state index contributed by atoms with van der Waals surface area (Å²) in [5.41, 5.74) is 2.56. The SMILES string of the molecule is CCNC(=NCc1cccc(CN(C)CC)c1)NC1CCC(O)CC1. The second-order valence-electron chi connectivity index (χ2n) is 7.00. The van der Waals surface area contributed by atoms with Crippen molar-refractivity contribution in [3.8, 4) is 0 Å². The molecule has 0 saturated heterocycles. The lowest BCUT2D eigenvalue weighted by atomic mass is 9.93. The van der Waals surface area contributed by atoms with Crippen molar-refractivity contribution in [2.75, 3.05) is 20.1 Å². The number of guanidine groups is 1. The summed E-state index contributed by atoms with van der Waals surface area (Å²) in [6.07, 6.45) is 3.64. The average molecular weight is 347 g/mol. The summed E-state index contributed by atoms with van der Waals surface area (Å²) in [7, 11) is 2.14. The van der Waals surface area contributed by atoms with Crippen LogP contribution in [0.3, 0.4) is 0 Å². The molecule has 1 fully saturated rings. The van der Waals surface area contributed by atoms with E-state index in [1.165, 1.54) is 11.1 Å². The number of benzene rings is 1. The molecule has 1 aliphatic rings. The number of aliphatic hydroxyl groups is 1. The number of nitrogens with zero attached hydrogens (tertiary/aromatic N) is 2. The molecule has 25 heavy (non-hydrogen) atoms. The minimum absolute atomic E-state index is 0.124. The van der Waals surface area contributed by atoms with Crippen LogP contribution in [0.5, 0.6) is 0 Å². The molecule has 3 N–H and O–H groups in total. The number of hydrogen-bond donors (Lipinski definition) is 3. The number of aliphatic imine (C=N–C) groups is 1. The third-order valence-corrected chi connectivity index (χ3v) is 4.79. The van der Waals surface area contributed by atoms with E-state index in [1.54, 1.807) is 0 Å². The zero-order valence-corrected chi connectivity index (χ0v) is 16.0. The van der Waals surface area contributed by atoms with Gasteiger partial charge in [-0.1, -0.05) is 31.2 Å². The molecule has 140 valence electrons. The van der Waals surface area contributed by atoms with E-state index in [-0.39, 0.29) is 6.10 Å². The molecule has 0 aromatic heterocycles. The number of hydrogen-bond acceptors (Lipinski definition) is 3. The van der Waals surface area contributed by atoms with Gasteiger partial charge in [0, 0.05) is 19.1 Å². The van der Waals surface area contributed by atoms with Crippen molar-refractivity contribution < 1.29 is 5.11 Å². The highest BCUT2D eigenvalue weighted by molar-refractivity contribution is 5.80. The molecule has 5 heteroatoms. The average Bonchev–Trinajstić information content (AvgIpc) is 2.62. The Morgan fingerprint density at radius 1 is 1.20 bits per heavy atom. The predicted molar refractivity (Wildman–Crippen MR) is 105 cm³/mol. The summed E-state index contributed by atoms with van der Waals surface area (Å²) < 4.78 is 0. The molecule has 0 radical (unpaired) electrons. The molecule has 0 amide bonds. The van der Waals surface area contributed by atoms with E-state index in [4.69, 9.17) is 4.99 Å². The molecule has 0 bridgehead atoms. The van der Waals surface area contributed by atoms with Gasteiger partial charge in [0.15, 0.2) is 5.96 Å². The van der Waals surface area contributed by atoms with E-state index in [1.807, 2.05) is 0 Å². The monoisotopic (exact) mass is 346 g/mol. The summed E-state index contributed by atoms with van der Waals surface area (Å²) >= 11 is 0. The first-order chi connectivity index (χ1) is 12.1. The quantitative estimate of drug-likeness (QED) is 0.524. The van der Waals surface area contributed by atoms with Crippen LogP contribution in [0.1, 0.15) is 50.7 Å². The van der Waals surface area contributed by atoms with E-state index >= 15 is 0 Å².